The highest BCUT2D eigenvalue weighted by molar-refractivity contribution is 6.05. The maximum atomic E-state index is 13.8. The molecular weight excluding hydrogens is 543 g/mol. The number of rotatable bonds is 4. The van der Waals surface area contributed by atoms with Crippen molar-refractivity contribution in [2.75, 3.05) is 5.32 Å². The SMILES string of the molecule is CC(C)(C)OC(=O)Nc1cccc(-n2cc(C(F)(F)F)nc2-c2ccc3c(c2)CN(C2CCC(=O)NC2=O)C3=O)c1. The number of carbonyl (C=O) groups excluding carboxylic acids is 4. The highest BCUT2D eigenvalue weighted by Gasteiger charge is 2.40. The van der Waals surface area contributed by atoms with Crippen LogP contribution in [0.25, 0.3) is 17.1 Å². The lowest BCUT2D eigenvalue weighted by molar-refractivity contribution is -0.141. The molecule has 3 aromatic rings. The summed E-state index contributed by atoms with van der Waals surface area (Å²) in [5.41, 5.74) is -0.147. The molecule has 3 heterocycles. The number of alkyl halides is 3. The Bertz CT molecular complexity index is 1570. The van der Waals surface area contributed by atoms with Crippen LogP contribution in [-0.4, -0.2) is 49.9 Å². The number of hydrogen-bond acceptors (Lipinski definition) is 6. The van der Waals surface area contributed by atoms with Crippen molar-refractivity contribution in [1.29, 1.82) is 0 Å². The quantitative estimate of drug-likeness (QED) is 0.441. The van der Waals surface area contributed by atoms with E-state index in [0.29, 0.717) is 28.1 Å². The average Bonchev–Trinajstić information content (AvgIpc) is 3.45. The molecule has 2 aromatic carbocycles. The van der Waals surface area contributed by atoms with Crippen LogP contribution in [-0.2, 0) is 27.0 Å². The number of nitrogens with one attached hydrogen (secondary N) is 2. The van der Waals surface area contributed by atoms with Crippen molar-refractivity contribution in [2.45, 2.75) is 58.0 Å². The van der Waals surface area contributed by atoms with E-state index >= 15 is 0 Å². The molecule has 10 nitrogen and oxygen atoms in total. The first kappa shape index (κ1) is 27.9. The number of imide groups is 1. The van der Waals surface area contributed by atoms with Crippen LogP contribution in [0.1, 0.15) is 55.2 Å². The molecule has 2 aliphatic rings. The molecule has 2 N–H and O–H groups in total. The number of aromatic nitrogens is 2. The lowest BCUT2D eigenvalue weighted by Crippen LogP contribution is -2.52. The minimum Gasteiger partial charge on any atom is -0.444 e. The van der Waals surface area contributed by atoms with E-state index in [1.165, 1.54) is 27.7 Å². The average molecular weight is 570 g/mol. The summed E-state index contributed by atoms with van der Waals surface area (Å²) in [4.78, 5) is 54.4. The summed E-state index contributed by atoms with van der Waals surface area (Å²) in [7, 11) is 0. The fourth-order valence-corrected chi connectivity index (χ4v) is 4.79. The predicted octanol–water partition coefficient (Wildman–Crippen LogP) is 4.67. The van der Waals surface area contributed by atoms with E-state index in [-0.39, 0.29) is 25.2 Å². The Labute approximate surface area is 232 Å². The molecule has 1 aromatic heterocycles. The highest BCUT2D eigenvalue weighted by atomic mass is 19.4. The largest absolute Gasteiger partial charge is 0.444 e. The fraction of sp³-hybridized carbons (Fsp3) is 0.321. The third-order valence-electron chi connectivity index (χ3n) is 6.55. The summed E-state index contributed by atoms with van der Waals surface area (Å²) in [6, 6.07) is 9.91. The van der Waals surface area contributed by atoms with Crippen molar-refractivity contribution in [3.05, 3.63) is 65.5 Å². The lowest BCUT2D eigenvalue weighted by atomic mass is 10.0. The Morgan fingerprint density at radius 3 is 2.54 bits per heavy atom. The van der Waals surface area contributed by atoms with Gasteiger partial charge < -0.3 is 9.64 Å². The fourth-order valence-electron chi connectivity index (χ4n) is 4.79. The zero-order valence-corrected chi connectivity index (χ0v) is 22.3. The van der Waals surface area contributed by atoms with Gasteiger partial charge in [-0.05, 0) is 63.1 Å². The third kappa shape index (κ3) is 5.79. The maximum Gasteiger partial charge on any atom is 0.434 e. The zero-order chi connectivity index (χ0) is 29.7. The van der Waals surface area contributed by atoms with Gasteiger partial charge in [0, 0.05) is 41.7 Å². The summed E-state index contributed by atoms with van der Waals surface area (Å²) < 4.78 is 47.8. The van der Waals surface area contributed by atoms with Crippen molar-refractivity contribution < 1.29 is 37.1 Å². The van der Waals surface area contributed by atoms with Gasteiger partial charge in [-0.25, -0.2) is 9.78 Å². The Hall–Kier alpha value is -4.68. The van der Waals surface area contributed by atoms with Gasteiger partial charge in [0.2, 0.25) is 11.8 Å². The van der Waals surface area contributed by atoms with E-state index in [0.717, 1.165) is 6.20 Å². The van der Waals surface area contributed by atoms with Crippen LogP contribution in [0.3, 0.4) is 0 Å². The second-order valence-electron chi connectivity index (χ2n) is 10.8. The van der Waals surface area contributed by atoms with Gasteiger partial charge in [-0.3, -0.25) is 29.6 Å². The number of nitrogens with zero attached hydrogens (tertiary/aromatic N) is 3. The van der Waals surface area contributed by atoms with Crippen molar-refractivity contribution in [2.24, 2.45) is 0 Å². The van der Waals surface area contributed by atoms with Gasteiger partial charge in [-0.1, -0.05) is 12.1 Å². The first-order valence-electron chi connectivity index (χ1n) is 12.7. The second-order valence-corrected chi connectivity index (χ2v) is 10.8. The van der Waals surface area contributed by atoms with Gasteiger partial charge in [-0.2, -0.15) is 13.2 Å². The van der Waals surface area contributed by atoms with E-state index < -0.39 is 47.3 Å². The molecule has 4 amide bonds. The first-order valence-corrected chi connectivity index (χ1v) is 12.7. The van der Waals surface area contributed by atoms with Gasteiger partial charge in [0.15, 0.2) is 5.69 Å². The summed E-state index contributed by atoms with van der Waals surface area (Å²) >= 11 is 0. The Balaban J connectivity index is 1.49. The molecule has 214 valence electrons. The third-order valence-corrected chi connectivity index (χ3v) is 6.55. The van der Waals surface area contributed by atoms with E-state index in [1.54, 1.807) is 45.0 Å². The minimum absolute atomic E-state index is 0.0403. The number of anilines is 1. The van der Waals surface area contributed by atoms with Crippen molar-refractivity contribution in [1.82, 2.24) is 19.8 Å². The lowest BCUT2D eigenvalue weighted by Gasteiger charge is -2.29. The minimum atomic E-state index is -4.73. The first-order chi connectivity index (χ1) is 19.2. The molecule has 1 fully saturated rings. The molecule has 0 aliphatic carbocycles. The molecule has 1 saturated heterocycles. The van der Waals surface area contributed by atoms with Gasteiger partial charge in [0.25, 0.3) is 5.91 Å². The molecule has 0 radical (unpaired) electrons. The Morgan fingerprint density at radius 1 is 1.10 bits per heavy atom. The highest BCUT2D eigenvalue weighted by Crippen LogP contribution is 2.35. The molecule has 41 heavy (non-hydrogen) atoms. The van der Waals surface area contributed by atoms with Crippen molar-refractivity contribution in [3.63, 3.8) is 0 Å². The molecule has 2 aliphatic heterocycles. The normalized spacial score (nSPS) is 17.4. The van der Waals surface area contributed by atoms with Crippen LogP contribution in [0.4, 0.5) is 23.7 Å². The van der Waals surface area contributed by atoms with Gasteiger partial charge in [0.1, 0.15) is 17.5 Å². The van der Waals surface area contributed by atoms with Crippen LogP contribution in [0, 0.1) is 0 Å². The van der Waals surface area contributed by atoms with Crippen LogP contribution >= 0.6 is 0 Å². The summed E-state index contributed by atoms with van der Waals surface area (Å²) in [5, 5.41) is 4.81. The molecule has 1 atom stereocenters. The zero-order valence-electron chi connectivity index (χ0n) is 22.3. The van der Waals surface area contributed by atoms with Crippen LogP contribution < -0.4 is 10.6 Å². The number of imidazole rings is 1. The molecule has 0 bridgehead atoms. The molecular formula is C28H26F3N5O5. The smallest absolute Gasteiger partial charge is 0.434 e. The van der Waals surface area contributed by atoms with Crippen molar-refractivity contribution >= 4 is 29.5 Å². The number of carbonyl (C=O) groups is 4. The van der Waals surface area contributed by atoms with E-state index in [1.807, 2.05) is 0 Å². The standard InChI is InChI=1S/C28H26F3N5O5/c1-27(2,3)41-26(40)32-17-5-4-6-18(12-17)35-14-21(28(29,30)31)33-23(35)15-7-8-19-16(11-15)13-36(25(19)39)20-9-10-22(37)34-24(20)38/h4-8,11-12,14,20H,9-10,13H2,1-3H3,(H,32,40)(H,34,37,38). The number of ether oxygens (including phenoxy) is 1. The molecule has 13 heteroatoms. The van der Waals surface area contributed by atoms with E-state index in [9.17, 15) is 32.3 Å². The number of amides is 4. The van der Waals surface area contributed by atoms with E-state index in [2.05, 4.69) is 15.6 Å². The number of benzene rings is 2. The Morgan fingerprint density at radius 2 is 1.85 bits per heavy atom. The molecule has 1 unspecified atom stereocenters. The molecule has 0 spiro atoms. The molecule has 5 rings (SSSR count). The van der Waals surface area contributed by atoms with Crippen LogP contribution in [0.15, 0.2) is 48.7 Å². The van der Waals surface area contributed by atoms with Gasteiger partial charge in [-0.15, -0.1) is 0 Å². The number of fused-ring (bicyclic) bond motifs is 1. The van der Waals surface area contributed by atoms with Crippen LogP contribution in [0.5, 0.6) is 0 Å². The molecule has 0 saturated carbocycles. The van der Waals surface area contributed by atoms with E-state index in [4.69, 9.17) is 4.74 Å². The number of hydrogen-bond donors (Lipinski definition) is 2. The summed E-state index contributed by atoms with van der Waals surface area (Å²) in [6.07, 6.45) is -4.32. The number of halogens is 3. The number of piperidine rings is 1. The predicted molar refractivity (Wildman–Crippen MR) is 140 cm³/mol. The monoisotopic (exact) mass is 569 g/mol. The maximum absolute atomic E-state index is 13.8. The Kier molecular flexibility index (Phi) is 6.84. The summed E-state index contributed by atoms with van der Waals surface area (Å²) in [5.74, 6) is -1.41. The van der Waals surface area contributed by atoms with Gasteiger partial charge in [0.05, 0.1) is 0 Å². The van der Waals surface area contributed by atoms with Crippen molar-refractivity contribution in [3.8, 4) is 17.1 Å². The van der Waals surface area contributed by atoms with Crippen LogP contribution in [0.2, 0.25) is 0 Å². The topological polar surface area (TPSA) is 123 Å². The summed E-state index contributed by atoms with van der Waals surface area (Å²) in [6.45, 7) is 5.16. The van der Waals surface area contributed by atoms with Gasteiger partial charge >= 0.3 is 12.3 Å². The second kappa shape index (κ2) is 10.1.